The number of para-hydroxylation sites is 4. The molecule has 3 heterocycles. The molecule has 0 unspecified atom stereocenters. The quantitative estimate of drug-likeness (QED) is 0.521. The van der Waals surface area contributed by atoms with E-state index in [4.69, 9.17) is 14.5 Å². The van der Waals surface area contributed by atoms with Gasteiger partial charge in [0.15, 0.2) is 0 Å². The van der Waals surface area contributed by atoms with Crippen LogP contribution in [0.4, 0.5) is 11.6 Å². The van der Waals surface area contributed by atoms with Crippen molar-refractivity contribution in [3.05, 3.63) is 48.5 Å². The van der Waals surface area contributed by atoms with Crippen molar-refractivity contribution in [2.75, 3.05) is 69.9 Å². The van der Waals surface area contributed by atoms with Gasteiger partial charge < -0.3 is 28.7 Å². The van der Waals surface area contributed by atoms with Gasteiger partial charge in [0, 0.05) is 58.8 Å². The van der Waals surface area contributed by atoms with Crippen molar-refractivity contribution < 1.29 is 14.3 Å². The molecule has 2 aliphatic rings. The van der Waals surface area contributed by atoms with Crippen LogP contribution in [0.5, 0.6) is 5.75 Å². The Labute approximate surface area is 207 Å². The fourth-order valence-corrected chi connectivity index (χ4v) is 5.35. The Morgan fingerprint density at radius 3 is 2.37 bits per heavy atom. The largest absolute Gasteiger partial charge is 0.495 e. The van der Waals surface area contributed by atoms with E-state index in [1.807, 2.05) is 24.3 Å². The van der Waals surface area contributed by atoms with Gasteiger partial charge in [0.1, 0.15) is 5.75 Å². The van der Waals surface area contributed by atoms with Crippen LogP contribution in [0.15, 0.2) is 48.5 Å². The predicted octanol–water partition coefficient (Wildman–Crippen LogP) is 3.26. The molecule has 8 heteroatoms. The Morgan fingerprint density at radius 1 is 0.914 bits per heavy atom. The zero-order valence-corrected chi connectivity index (χ0v) is 20.7. The smallest absolute Gasteiger partial charge is 0.225 e. The summed E-state index contributed by atoms with van der Waals surface area (Å²) in [6.07, 6.45) is 1.72. The SMILES string of the molecule is COCCn1c(N2CCC(C(=O)N3CCN(c4ccccc4OC)CC3)CC2)nc2ccccc21. The maximum atomic E-state index is 13.3. The highest BCUT2D eigenvalue weighted by Gasteiger charge is 2.32. The fraction of sp³-hybridized carbons (Fsp3) is 0.481. The number of carbonyl (C=O) groups is 1. The lowest BCUT2D eigenvalue weighted by Gasteiger charge is -2.39. The molecular formula is C27H35N5O3. The summed E-state index contributed by atoms with van der Waals surface area (Å²) in [5.74, 6) is 2.26. The van der Waals surface area contributed by atoms with E-state index in [2.05, 4.69) is 43.5 Å². The average molecular weight is 478 g/mol. The molecule has 1 amide bonds. The highest BCUT2D eigenvalue weighted by Crippen LogP contribution is 2.30. The maximum absolute atomic E-state index is 13.3. The summed E-state index contributed by atoms with van der Waals surface area (Å²) in [7, 11) is 3.43. The average Bonchev–Trinajstić information content (AvgIpc) is 3.30. The first-order valence-electron chi connectivity index (χ1n) is 12.6. The number of nitrogens with zero attached hydrogens (tertiary/aromatic N) is 5. The molecule has 2 fully saturated rings. The molecule has 2 aliphatic heterocycles. The molecule has 0 radical (unpaired) electrons. The van der Waals surface area contributed by atoms with E-state index < -0.39 is 0 Å². The second kappa shape index (κ2) is 10.6. The lowest BCUT2D eigenvalue weighted by molar-refractivity contribution is -0.136. The first-order chi connectivity index (χ1) is 17.2. The van der Waals surface area contributed by atoms with Gasteiger partial charge >= 0.3 is 0 Å². The number of carbonyl (C=O) groups excluding carboxylic acids is 1. The second-order valence-corrected chi connectivity index (χ2v) is 9.29. The van der Waals surface area contributed by atoms with Crippen molar-refractivity contribution >= 4 is 28.6 Å². The van der Waals surface area contributed by atoms with Crippen LogP contribution in [-0.4, -0.2) is 80.5 Å². The molecule has 0 atom stereocenters. The number of aromatic nitrogens is 2. The van der Waals surface area contributed by atoms with Gasteiger partial charge in [-0.2, -0.15) is 0 Å². The van der Waals surface area contributed by atoms with Gasteiger partial charge in [0.05, 0.1) is 30.4 Å². The molecule has 186 valence electrons. The van der Waals surface area contributed by atoms with Crippen LogP contribution in [-0.2, 0) is 16.1 Å². The van der Waals surface area contributed by atoms with Gasteiger partial charge in [-0.25, -0.2) is 4.98 Å². The molecule has 0 bridgehead atoms. The number of imidazole rings is 1. The zero-order chi connectivity index (χ0) is 24.2. The van der Waals surface area contributed by atoms with Crippen LogP contribution in [0.25, 0.3) is 11.0 Å². The summed E-state index contributed by atoms with van der Waals surface area (Å²) in [5, 5.41) is 0. The van der Waals surface area contributed by atoms with Gasteiger partial charge in [0.2, 0.25) is 11.9 Å². The number of methoxy groups -OCH3 is 2. The van der Waals surface area contributed by atoms with Crippen molar-refractivity contribution in [3.63, 3.8) is 0 Å². The molecule has 0 aliphatic carbocycles. The van der Waals surface area contributed by atoms with Crippen LogP contribution >= 0.6 is 0 Å². The zero-order valence-electron chi connectivity index (χ0n) is 20.7. The molecule has 0 spiro atoms. The molecule has 3 aromatic rings. The lowest BCUT2D eigenvalue weighted by atomic mass is 9.95. The van der Waals surface area contributed by atoms with Crippen LogP contribution in [0, 0.1) is 5.92 Å². The topological polar surface area (TPSA) is 63.1 Å². The summed E-state index contributed by atoms with van der Waals surface area (Å²) in [6.45, 7) is 6.25. The molecular weight excluding hydrogens is 442 g/mol. The Morgan fingerprint density at radius 2 is 1.63 bits per heavy atom. The van der Waals surface area contributed by atoms with E-state index in [0.717, 1.165) is 87.1 Å². The van der Waals surface area contributed by atoms with Crippen molar-refractivity contribution in [1.29, 1.82) is 0 Å². The number of benzene rings is 2. The van der Waals surface area contributed by atoms with E-state index in [1.165, 1.54) is 0 Å². The van der Waals surface area contributed by atoms with Gasteiger partial charge in [-0.3, -0.25) is 4.79 Å². The van der Waals surface area contributed by atoms with Gasteiger partial charge in [-0.15, -0.1) is 0 Å². The number of piperidine rings is 1. The first kappa shape index (κ1) is 23.5. The van der Waals surface area contributed by atoms with E-state index in [0.29, 0.717) is 12.5 Å². The van der Waals surface area contributed by atoms with Crippen molar-refractivity contribution in [2.24, 2.45) is 5.92 Å². The lowest BCUT2D eigenvalue weighted by Crippen LogP contribution is -2.52. The van der Waals surface area contributed by atoms with Gasteiger partial charge in [-0.05, 0) is 37.1 Å². The van der Waals surface area contributed by atoms with Crippen LogP contribution in [0.2, 0.25) is 0 Å². The highest BCUT2D eigenvalue weighted by atomic mass is 16.5. The Kier molecular flexibility index (Phi) is 7.08. The number of hydrogen-bond donors (Lipinski definition) is 0. The third-order valence-electron chi connectivity index (χ3n) is 7.30. The number of anilines is 2. The standard InChI is InChI=1S/C27H35N5O3/c1-34-20-19-32-23-8-4-3-7-22(23)28-27(32)31-13-11-21(12-14-31)26(33)30-17-15-29(16-18-30)24-9-5-6-10-25(24)35-2/h3-10,21H,11-20H2,1-2H3. The van der Waals surface area contributed by atoms with E-state index in [1.54, 1.807) is 14.2 Å². The summed E-state index contributed by atoms with van der Waals surface area (Å²) in [4.78, 5) is 25.0. The predicted molar refractivity (Wildman–Crippen MR) is 138 cm³/mol. The molecule has 2 aromatic carbocycles. The molecule has 1 aromatic heterocycles. The normalized spacial score (nSPS) is 17.3. The minimum Gasteiger partial charge on any atom is -0.495 e. The van der Waals surface area contributed by atoms with Crippen LogP contribution in [0.1, 0.15) is 12.8 Å². The van der Waals surface area contributed by atoms with E-state index >= 15 is 0 Å². The van der Waals surface area contributed by atoms with Crippen molar-refractivity contribution in [3.8, 4) is 5.75 Å². The molecule has 35 heavy (non-hydrogen) atoms. The van der Waals surface area contributed by atoms with Crippen LogP contribution < -0.4 is 14.5 Å². The third kappa shape index (κ3) is 4.80. The van der Waals surface area contributed by atoms with Gasteiger partial charge in [-0.1, -0.05) is 24.3 Å². The Balaban J connectivity index is 1.19. The highest BCUT2D eigenvalue weighted by molar-refractivity contribution is 5.80. The van der Waals surface area contributed by atoms with E-state index in [-0.39, 0.29) is 5.92 Å². The molecule has 8 nitrogen and oxygen atoms in total. The van der Waals surface area contributed by atoms with Crippen molar-refractivity contribution in [2.45, 2.75) is 19.4 Å². The number of rotatable bonds is 7. The number of piperazine rings is 1. The number of hydrogen-bond acceptors (Lipinski definition) is 6. The van der Waals surface area contributed by atoms with Crippen molar-refractivity contribution in [1.82, 2.24) is 14.5 Å². The number of fused-ring (bicyclic) bond motifs is 1. The molecule has 5 rings (SSSR count). The van der Waals surface area contributed by atoms with E-state index in [9.17, 15) is 4.79 Å². The third-order valence-corrected chi connectivity index (χ3v) is 7.30. The minimum atomic E-state index is 0.0841. The summed E-state index contributed by atoms with van der Waals surface area (Å²) < 4.78 is 13.1. The summed E-state index contributed by atoms with van der Waals surface area (Å²) in [6, 6.07) is 16.4. The monoisotopic (exact) mass is 477 g/mol. The number of amides is 1. The second-order valence-electron chi connectivity index (χ2n) is 9.29. The van der Waals surface area contributed by atoms with Crippen LogP contribution in [0.3, 0.4) is 0 Å². The maximum Gasteiger partial charge on any atom is 0.225 e. The van der Waals surface area contributed by atoms with Gasteiger partial charge in [0.25, 0.3) is 0 Å². The number of ether oxygens (including phenoxy) is 2. The Hall–Kier alpha value is -3.26. The minimum absolute atomic E-state index is 0.0841. The summed E-state index contributed by atoms with van der Waals surface area (Å²) >= 11 is 0. The molecule has 2 saturated heterocycles. The molecule has 0 N–H and O–H groups in total. The molecule has 0 saturated carbocycles. The fourth-order valence-electron chi connectivity index (χ4n) is 5.35. The first-order valence-corrected chi connectivity index (χ1v) is 12.6. The Bertz CT molecular complexity index is 1150. The summed E-state index contributed by atoms with van der Waals surface area (Å²) in [5.41, 5.74) is 3.24.